The Morgan fingerprint density at radius 2 is 2.12 bits per heavy atom. The number of hydrogen-bond donors (Lipinski definition) is 3. The van der Waals surface area contributed by atoms with E-state index in [9.17, 15) is 4.79 Å². The molecular formula is C10H16N2O5. The maximum Gasteiger partial charge on any atom is 0.389 e. The van der Waals surface area contributed by atoms with Crippen LogP contribution < -0.4 is 0 Å². The summed E-state index contributed by atoms with van der Waals surface area (Å²) in [4.78, 5) is 11.5. The van der Waals surface area contributed by atoms with Crippen molar-refractivity contribution in [1.82, 2.24) is 9.78 Å². The molecule has 1 heterocycles. The van der Waals surface area contributed by atoms with Crippen molar-refractivity contribution in [2.75, 3.05) is 6.61 Å². The minimum absolute atomic E-state index is 0.141. The van der Waals surface area contributed by atoms with Crippen LogP contribution in [0.25, 0.3) is 0 Å². The van der Waals surface area contributed by atoms with E-state index in [2.05, 4.69) is 5.10 Å². The Bertz CT molecular complexity index is 394. The lowest BCUT2D eigenvalue weighted by molar-refractivity contribution is -0.381. The first-order valence-corrected chi connectivity index (χ1v) is 5.33. The molecule has 96 valence electrons. The second-order valence-corrected chi connectivity index (χ2v) is 3.50. The average molecular weight is 244 g/mol. The zero-order valence-electron chi connectivity index (χ0n) is 9.75. The van der Waals surface area contributed by atoms with E-state index in [0.717, 1.165) is 6.42 Å². The molecular weight excluding hydrogens is 228 g/mol. The second-order valence-electron chi connectivity index (χ2n) is 3.50. The van der Waals surface area contributed by atoms with Crippen LogP contribution in [0.15, 0.2) is 6.07 Å². The van der Waals surface area contributed by atoms with Crippen molar-refractivity contribution >= 4 is 5.97 Å². The van der Waals surface area contributed by atoms with Gasteiger partial charge in [0.15, 0.2) is 5.69 Å². The molecule has 7 heteroatoms. The first-order valence-electron chi connectivity index (χ1n) is 5.33. The molecule has 1 aromatic rings. The first-order chi connectivity index (χ1) is 7.90. The molecule has 3 N–H and O–H groups in total. The molecule has 0 aliphatic heterocycles. The Labute approximate surface area is 98.3 Å². The Kier molecular flexibility index (Phi) is 4.22. The maximum absolute atomic E-state index is 11.5. The fourth-order valence-electron chi connectivity index (χ4n) is 1.39. The fourth-order valence-corrected chi connectivity index (χ4v) is 1.39. The molecule has 0 saturated carbocycles. The number of esters is 1. The molecule has 1 aromatic heterocycles. The highest BCUT2D eigenvalue weighted by atomic mass is 16.7. The van der Waals surface area contributed by atoms with Gasteiger partial charge in [0.2, 0.25) is 0 Å². The quantitative estimate of drug-likeness (QED) is 0.479. The van der Waals surface area contributed by atoms with Crippen LogP contribution in [0.2, 0.25) is 0 Å². The van der Waals surface area contributed by atoms with Gasteiger partial charge in [-0.15, -0.1) is 0 Å². The van der Waals surface area contributed by atoms with Gasteiger partial charge < -0.3 is 20.1 Å². The number of carbonyl (C=O) groups is 1. The third-order valence-electron chi connectivity index (χ3n) is 2.03. The summed E-state index contributed by atoms with van der Waals surface area (Å²) >= 11 is 0. The Hall–Kier alpha value is -1.44. The third kappa shape index (κ3) is 3.26. The zero-order chi connectivity index (χ0) is 13.1. The fraction of sp³-hybridized carbons (Fsp3) is 0.600. The summed E-state index contributed by atoms with van der Waals surface area (Å²) in [6.45, 7) is 3.67. The Balaban J connectivity index is 3.12. The van der Waals surface area contributed by atoms with E-state index in [1.807, 2.05) is 6.92 Å². The van der Waals surface area contributed by atoms with E-state index >= 15 is 0 Å². The molecule has 0 aliphatic rings. The smallest absolute Gasteiger partial charge is 0.389 e. The van der Waals surface area contributed by atoms with Gasteiger partial charge in [-0.3, -0.25) is 0 Å². The molecule has 0 radical (unpaired) electrons. The number of rotatable bonds is 5. The molecule has 0 fully saturated rings. The van der Waals surface area contributed by atoms with Crippen LogP contribution >= 0.6 is 0 Å². The van der Waals surface area contributed by atoms with Crippen molar-refractivity contribution in [3.63, 3.8) is 0 Å². The van der Waals surface area contributed by atoms with Crippen LogP contribution in [0.1, 0.15) is 36.5 Å². The SMILES string of the molecule is CCCc1cc(C(=O)OCC)n(C(O)(O)O)n1. The van der Waals surface area contributed by atoms with Crippen LogP contribution in [0.3, 0.4) is 0 Å². The van der Waals surface area contributed by atoms with E-state index in [0.29, 0.717) is 16.8 Å². The largest absolute Gasteiger partial charge is 0.461 e. The van der Waals surface area contributed by atoms with Crippen LogP contribution in [-0.2, 0) is 17.3 Å². The lowest BCUT2D eigenvalue weighted by Crippen LogP contribution is -2.36. The highest BCUT2D eigenvalue weighted by molar-refractivity contribution is 5.87. The zero-order valence-corrected chi connectivity index (χ0v) is 9.75. The van der Waals surface area contributed by atoms with E-state index in [-0.39, 0.29) is 12.3 Å². The van der Waals surface area contributed by atoms with E-state index in [4.69, 9.17) is 20.1 Å². The molecule has 0 aromatic carbocycles. The lowest BCUT2D eigenvalue weighted by atomic mass is 10.2. The number of aryl methyl sites for hydroxylation is 1. The van der Waals surface area contributed by atoms with Crippen LogP contribution in [-0.4, -0.2) is 37.7 Å². The predicted molar refractivity (Wildman–Crippen MR) is 56.8 cm³/mol. The second kappa shape index (κ2) is 5.26. The number of aromatic nitrogens is 2. The highest BCUT2D eigenvalue weighted by Gasteiger charge is 2.30. The molecule has 0 bridgehead atoms. The van der Waals surface area contributed by atoms with Crippen molar-refractivity contribution in [1.29, 1.82) is 0 Å². The minimum atomic E-state index is -3.21. The normalized spacial score (nSPS) is 11.6. The molecule has 0 unspecified atom stereocenters. The predicted octanol–water partition coefficient (Wildman–Crippen LogP) is -0.443. The summed E-state index contributed by atoms with van der Waals surface area (Å²) in [6.07, 6.45) is -1.89. The Morgan fingerprint density at radius 3 is 2.59 bits per heavy atom. The molecule has 7 nitrogen and oxygen atoms in total. The maximum atomic E-state index is 11.5. The third-order valence-corrected chi connectivity index (χ3v) is 2.03. The average Bonchev–Trinajstić information content (AvgIpc) is 2.62. The lowest BCUT2D eigenvalue weighted by Gasteiger charge is -2.16. The van der Waals surface area contributed by atoms with Crippen molar-refractivity contribution in [2.24, 2.45) is 0 Å². The van der Waals surface area contributed by atoms with Gasteiger partial charge in [0, 0.05) is 0 Å². The number of nitrogens with zero attached hydrogens (tertiary/aromatic N) is 2. The molecule has 17 heavy (non-hydrogen) atoms. The van der Waals surface area contributed by atoms with Gasteiger partial charge in [-0.25, -0.2) is 4.79 Å². The van der Waals surface area contributed by atoms with E-state index < -0.39 is 12.1 Å². The number of aliphatic hydroxyl groups is 3. The summed E-state index contributed by atoms with van der Waals surface area (Å²) in [5.74, 6) is -0.774. The summed E-state index contributed by atoms with van der Waals surface area (Å²) in [7, 11) is 0. The van der Waals surface area contributed by atoms with E-state index in [1.165, 1.54) is 6.07 Å². The molecule has 0 saturated heterocycles. The van der Waals surface area contributed by atoms with Crippen molar-refractivity contribution in [3.8, 4) is 0 Å². The topological polar surface area (TPSA) is 105 Å². The summed E-state index contributed by atoms with van der Waals surface area (Å²) in [6, 6.07) is 1.36. The van der Waals surface area contributed by atoms with E-state index in [1.54, 1.807) is 6.92 Å². The van der Waals surface area contributed by atoms with Gasteiger partial charge in [0.05, 0.1) is 12.3 Å². The first kappa shape index (κ1) is 13.6. The molecule has 1 rings (SSSR count). The molecule has 0 amide bonds. The Morgan fingerprint density at radius 1 is 1.47 bits per heavy atom. The monoisotopic (exact) mass is 244 g/mol. The summed E-state index contributed by atoms with van der Waals surface area (Å²) < 4.78 is 5.15. The van der Waals surface area contributed by atoms with Crippen LogP contribution in [0.4, 0.5) is 0 Å². The van der Waals surface area contributed by atoms with Gasteiger partial charge in [-0.1, -0.05) is 13.3 Å². The molecule has 0 aliphatic carbocycles. The summed E-state index contributed by atoms with van der Waals surface area (Å²) in [5.41, 5.74) is 0.264. The van der Waals surface area contributed by atoms with Crippen molar-refractivity contribution < 1.29 is 24.9 Å². The number of hydrogen-bond acceptors (Lipinski definition) is 6. The van der Waals surface area contributed by atoms with Crippen LogP contribution in [0, 0.1) is 0 Å². The number of ether oxygens (including phenoxy) is 1. The van der Waals surface area contributed by atoms with Crippen molar-refractivity contribution in [2.45, 2.75) is 32.8 Å². The van der Waals surface area contributed by atoms with Gasteiger partial charge in [-0.05, 0) is 19.4 Å². The van der Waals surface area contributed by atoms with Crippen molar-refractivity contribution in [3.05, 3.63) is 17.5 Å². The minimum Gasteiger partial charge on any atom is -0.461 e. The molecule has 0 spiro atoms. The summed E-state index contributed by atoms with van der Waals surface area (Å²) in [5, 5.41) is 31.0. The standard InChI is InChI=1S/C10H16N2O5/c1-3-5-7-6-8(9(13)17-4-2)12(11-7)10(14,15)16/h6,14-16H,3-5H2,1-2H3. The van der Waals surface area contributed by atoms with Crippen LogP contribution in [0.5, 0.6) is 0 Å². The van der Waals surface area contributed by atoms with Gasteiger partial charge >= 0.3 is 12.1 Å². The number of carbonyl (C=O) groups excluding carboxylic acids is 1. The van der Waals surface area contributed by atoms with Gasteiger partial charge in [0.1, 0.15) is 0 Å². The van der Waals surface area contributed by atoms with Gasteiger partial charge in [0.25, 0.3) is 0 Å². The highest BCUT2D eigenvalue weighted by Crippen LogP contribution is 2.14. The molecule has 0 atom stereocenters. The van der Waals surface area contributed by atoms with Gasteiger partial charge in [-0.2, -0.15) is 9.78 Å².